The van der Waals surface area contributed by atoms with Gasteiger partial charge in [-0.2, -0.15) is 5.10 Å². The molecule has 124 valence electrons. The van der Waals surface area contributed by atoms with Crippen molar-refractivity contribution < 1.29 is 4.74 Å². The normalized spacial score (nSPS) is 11.3. The fraction of sp³-hybridized carbons (Fsp3) is 0.412. The van der Waals surface area contributed by atoms with Gasteiger partial charge in [-0.05, 0) is 31.0 Å². The first-order valence-electron chi connectivity index (χ1n) is 7.90. The summed E-state index contributed by atoms with van der Waals surface area (Å²) in [6.45, 7) is 5.08. The Morgan fingerprint density at radius 3 is 2.78 bits per heavy atom. The molecule has 6 heteroatoms. The van der Waals surface area contributed by atoms with Crippen LogP contribution in [0.3, 0.4) is 0 Å². The van der Waals surface area contributed by atoms with Gasteiger partial charge in [-0.3, -0.25) is 9.67 Å². The third-order valence-corrected chi connectivity index (χ3v) is 3.38. The molecule has 0 bridgehead atoms. The van der Waals surface area contributed by atoms with Gasteiger partial charge in [0.25, 0.3) is 0 Å². The number of nitrogens with one attached hydrogen (secondary N) is 2. The summed E-state index contributed by atoms with van der Waals surface area (Å²) in [4.78, 5) is 4.20. The highest BCUT2D eigenvalue weighted by molar-refractivity contribution is 5.79. The highest BCUT2D eigenvalue weighted by atomic mass is 16.5. The third-order valence-electron chi connectivity index (χ3n) is 3.38. The summed E-state index contributed by atoms with van der Waals surface area (Å²) in [7, 11) is 1.77. The summed E-state index contributed by atoms with van der Waals surface area (Å²) in [6.07, 6.45) is 4.75. The first-order valence-corrected chi connectivity index (χ1v) is 7.90. The number of hydrogen-bond donors (Lipinski definition) is 2. The fourth-order valence-electron chi connectivity index (χ4n) is 2.15. The van der Waals surface area contributed by atoms with Crippen molar-refractivity contribution in [2.24, 2.45) is 4.99 Å². The Kier molecular flexibility index (Phi) is 6.97. The van der Waals surface area contributed by atoms with Crippen LogP contribution in [0.1, 0.15) is 12.0 Å². The lowest BCUT2D eigenvalue weighted by Crippen LogP contribution is -2.39. The number of nitrogens with zero attached hydrogens (tertiary/aromatic N) is 3. The predicted molar refractivity (Wildman–Crippen MR) is 92.9 cm³/mol. The van der Waals surface area contributed by atoms with Crippen LogP contribution in [-0.2, 0) is 6.54 Å². The number of aryl methyl sites for hydroxylation is 2. The molecule has 0 fully saturated rings. The van der Waals surface area contributed by atoms with E-state index in [9.17, 15) is 0 Å². The molecule has 6 nitrogen and oxygen atoms in total. The highest BCUT2D eigenvalue weighted by Crippen LogP contribution is 2.15. The van der Waals surface area contributed by atoms with Crippen molar-refractivity contribution in [1.82, 2.24) is 20.4 Å². The van der Waals surface area contributed by atoms with Gasteiger partial charge >= 0.3 is 0 Å². The Labute approximate surface area is 137 Å². The van der Waals surface area contributed by atoms with Crippen LogP contribution in [0.4, 0.5) is 0 Å². The largest absolute Gasteiger partial charge is 0.491 e. The van der Waals surface area contributed by atoms with E-state index in [4.69, 9.17) is 4.74 Å². The topological polar surface area (TPSA) is 63.5 Å². The number of guanidine groups is 1. The average Bonchev–Trinajstić information content (AvgIpc) is 3.08. The number of benzene rings is 1. The Balaban J connectivity index is 1.58. The minimum atomic E-state index is 0.596. The van der Waals surface area contributed by atoms with Crippen LogP contribution < -0.4 is 15.4 Å². The molecule has 0 aliphatic rings. The third kappa shape index (κ3) is 6.02. The van der Waals surface area contributed by atoms with Gasteiger partial charge in [0.2, 0.25) is 0 Å². The molecule has 1 aromatic carbocycles. The molecule has 0 radical (unpaired) electrons. The predicted octanol–water partition coefficient (Wildman–Crippen LogP) is 1.83. The summed E-state index contributed by atoms with van der Waals surface area (Å²) >= 11 is 0. The van der Waals surface area contributed by atoms with Crippen LogP contribution in [0.25, 0.3) is 0 Å². The summed E-state index contributed by atoms with van der Waals surface area (Å²) in [5.41, 5.74) is 1.15. The van der Waals surface area contributed by atoms with Crippen molar-refractivity contribution in [3.63, 3.8) is 0 Å². The maximum absolute atomic E-state index is 5.75. The fourth-order valence-corrected chi connectivity index (χ4v) is 2.15. The second-order valence-electron chi connectivity index (χ2n) is 5.16. The van der Waals surface area contributed by atoms with Crippen molar-refractivity contribution in [1.29, 1.82) is 0 Å². The van der Waals surface area contributed by atoms with E-state index in [-0.39, 0.29) is 0 Å². The van der Waals surface area contributed by atoms with Gasteiger partial charge in [0.05, 0.1) is 6.54 Å². The van der Waals surface area contributed by atoms with E-state index in [0.717, 1.165) is 36.8 Å². The van der Waals surface area contributed by atoms with Crippen molar-refractivity contribution in [2.75, 3.05) is 26.7 Å². The van der Waals surface area contributed by atoms with Crippen LogP contribution in [0.5, 0.6) is 5.75 Å². The molecular weight excluding hydrogens is 290 g/mol. The standard InChI is InChI=1S/C17H25N5O/c1-15-7-3-4-8-16(15)23-14-11-20-17(18-2)19-9-5-12-22-13-6-10-21-22/h3-4,6-8,10,13H,5,9,11-12,14H2,1-2H3,(H2,18,19,20). The maximum atomic E-state index is 5.75. The lowest BCUT2D eigenvalue weighted by Gasteiger charge is -2.13. The molecule has 1 aromatic heterocycles. The summed E-state index contributed by atoms with van der Waals surface area (Å²) in [6, 6.07) is 9.95. The Morgan fingerprint density at radius 1 is 1.22 bits per heavy atom. The van der Waals surface area contributed by atoms with E-state index in [1.807, 2.05) is 48.1 Å². The van der Waals surface area contributed by atoms with E-state index in [2.05, 4.69) is 20.7 Å². The lowest BCUT2D eigenvalue weighted by atomic mass is 10.2. The molecule has 0 spiro atoms. The van der Waals surface area contributed by atoms with E-state index in [1.165, 1.54) is 0 Å². The van der Waals surface area contributed by atoms with Gasteiger partial charge in [-0.1, -0.05) is 18.2 Å². The molecule has 2 rings (SSSR count). The van der Waals surface area contributed by atoms with Crippen molar-refractivity contribution >= 4 is 5.96 Å². The Hall–Kier alpha value is -2.50. The van der Waals surface area contributed by atoms with Crippen LogP contribution in [0.15, 0.2) is 47.7 Å². The number of aromatic nitrogens is 2. The Bertz CT molecular complexity index is 595. The number of rotatable bonds is 8. The van der Waals surface area contributed by atoms with E-state index in [1.54, 1.807) is 13.2 Å². The van der Waals surface area contributed by atoms with Gasteiger partial charge in [-0.15, -0.1) is 0 Å². The molecule has 23 heavy (non-hydrogen) atoms. The molecular formula is C17H25N5O. The smallest absolute Gasteiger partial charge is 0.191 e. The SMILES string of the molecule is CN=C(NCCCn1cccn1)NCCOc1ccccc1C. The molecule has 0 amide bonds. The summed E-state index contributed by atoms with van der Waals surface area (Å²) < 4.78 is 7.67. The quantitative estimate of drug-likeness (QED) is 0.443. The molecule has 1 heterocycles. The lowest BCUT2D eigenvalue weighted by molar-refractivity contribution is 0.320. The maximum Gasteiger partial charge on any atom is 0.191 e. The highest BCUT2D eigenvalue weighted by Gasteiger charge is 1.99. The number of aliphatic imine (C=N–C) groups is 1. The number of ether oxygens (including phenoxy) is 1. The Morgan fingerprint density at radius 2 is 2.04 bits per heavy atom. The van der Waals surface area contributed by atoms with E-state index < -0.39 is 0 Å². The van der Waals surface area contributed by atoms with Crippen molar-refractivity contribution in [2.45, 2.75) is 19.9 Å². The van der Waals surface area contributed by atoms with E-state index >= 15 is 0 Å². The number of para-hydroxylation sites is 1. The molecule has 0 saturated heterocycles. The van der Waals surface area contributed by atoms with Gasteiger partial charge in [-0.25, -0.2) is 0 Å². The van der Waals surface area contributed by atoms with Crippen molar-refractivity contribution in [3.05, 3.63) is 48.3 Å². The van der Waals surface area contributed by atoms with Gasteiger partial charge in [0, 0.05) is 32.5 Å². The van der Waals surface area contributed by atoms with Crippen LogP contribution in [0, 0.1) is 6.92 Å². The molecule has 2 aromatic rings. The molecule has 2 N–H and O–H groups in total. The molecule has 0 unspecified atom stereocenters. The summed E-state index contributed by atoms with van der Waals surface area (Å²) in [5.74, 6) is 1.72. The zero-order valence-electron chi connectivity index (χ0n) is 13.8. The van der Waals surface area contributed by atoms with E-state index in [0.29, 0.717) is 13.2 Å². The minimum absolute atomic E-state index is 0.596. The summed E-state index contributed by atoms with van der Waals surface area (Å²) in [5, 5.41) is 10.7. The first-order chi connectivity index (χ1) is 11.3. The van der Waals surface area contributed by atoms with Gasteiger partial charge in [0.15, 0.2) is 5.96 Å². The second kappa shape index (κ2) is 9.50. The minimum Gasteiger partial charge on any atom is -0.491 e. The van der Waals surface area contributed by atoms with Crippen LogP contribution in [0.2, 0.25) is 0 Å². The van der Waals surface area contributed by atoms with Gasteiger partial charge < -0.3 is 15.4 Å². The molecule has 0 atom stereocenters. The zero-order valence-corrected chi connectivity index (χ0v) is 13.8. The first kappa shape index (κ1) is 16.9. The molecule has 0 aliphatic carbocycles. The monoisotopic (exact) mass is 315 g/mol. The van der Waals surface area contributed by atoms with Gasteiger partial charge in [0.1, 0.15) is 12.4 Å². The van der Waals surface area contributed by atoms with Crippen LogP contribution >= 0.6 is 0 Å². The zero-order chi connectivity index (χ0) is 16.3. The van der Waals surface area contributed by atoms with Crippen LogP contribution in [-0.4, -0.2) is 42.5 Å². The average molecular weight is 315 g/mol. The molecule has 0 saturated carbocycles. The molecule has 0 aliphatic heterocycles. The number of hydrogen-bond acceptors (Lipinski definition) is 3. The second-order valence-corrected chi connectivity index (χ2v) is 5.16. The van der Waals surface area contributed by atoms with Crippen molar-refractivity contribution in [3.8, 4) is 5.75 Å².